The maximum atomic E-state index is 12.3. The third-order valence-corrected chi connectivity index (χ3v) is 4.98. The maximum Gasteiger partial charge on any atom is 0.363 e. The summed E-state index contributed by atoms with van der Waals surface area (Å²) in [6.07, 6.45) is 3.05. The van der Waals surface area contributed by atoms with Gasteiger partial charge in [0.15, 0.2) is 11.5 Å². The van der Waals surface area contributed by atoms with E-state index in [1.165, 1.54) is 6.26 Å². The van der Waals surface area contributed by atoms with Gasteiger partial charge in [0.05, 0.1) is 23.4 Å². The molecule has 1 aliphatic heterocycles. The molecule has 1 aromatic heterocycles. The van der Waals surface area contributed by atoms with Gasteiger partial charge in [0.25, 0.3) is 5.90 Å². The summed E-state index contributed by atoms with van der Waals surface area (Å²) in [7, 11) is 1.56. The molecule has 2 aromatic carbocycles. The molecule has 0 N–H and O–H groups in total. The van der Waals surface area contributed by atoms with Crippen LogP contribution in [0.3, 0.4) is 0 Å². The first-order valence-electron chi connectivity index (χ1n) is 8.84. The molecule has 1 aliphatic rings. The topological polar surface area (TPSA) is 70.3 Å². The number of nitrogens with zero attached hydrogens (tertiary/aromatic N) is 1. The fourth-order valence-corrected chi connectivity index (χ4v) is 3.07. The number of carbonyl (C=O) groups excluding carboxylic acids is 1. The Kier molecular flexibility index (Phi) is 5.79. The number of aliphatic imine (C=N–C) groups is 1. The van der Waals surface area contributed by atoms with E-state index in [-0.39, 0.29) is 18.2 Å². The van der Waals surface area contributed by atoms with Gasteiger partial charge in [-0.2, -0.15) is 0 Å². The lowest BCUT2D eigenvalue weighted by Gasteiger charge is -2.11. The fourth-order valence-electron chi connectivity index (χ4n) is 2.75. The SMILES string of the molecule is COc1ccc(OCc2ccc(Cl)c(Cl)c2)c(/C=C2/N=C(c3ccco3)OC2=O)c1. The minimum atomic E-state index is -0.584. The van der Waals surface area contributed by atoms with Crippen LogP contribution in [0, 0.1) is 0 Å². The molecule has 4 rings (SSSR count). The van der Waals surface area contributed by atoms with Crippen LogP contribution < -0.4 is 9.47 Å². The maximum absolute atomic E-state index is 12.3. The molecule has 0 fully saturated rings. The van der Waals surface area contributed by atoms with E-state index in [2.05, 4.69) is 4.99 Å². The number of benzene rings is 2. The summed E-state index contributed by atoms with van der Waals surface area (Å²) in [5, 5.41) is 0.920. The Hall–Kier alpha value is -3.22. The van der Waals surface area contributed by atoms with Gasteiger partial charge in [0.1, 0.15) is 18.1 Å². The smallest absolute Gasteiger partial charge is 0.363 e. The second-order valence-corrected chi connectivity index (χ2v) is 7.07. The van der Waals surface area contributed by atoms with Crippen molar-refractivity contribution >= 4 is 41.1 Å². The second-order valence-electron chi connectivity index (χ2n) is 6.25. The number of hydrogen-bond donors (Lipinski definition) is 0. The van der Waals surface area contributed by atoms with E-state index in [1.807, 2.05) is 6.07 Å². The van der Waals surface area contributed by atoms with Crippen molar-refractivity contribution in [1.82, 2.24) is 0 Å². The molecular formula is C22H15Cl2NO5. The average molecular weight is 444 g/mol. The van der Waals surface area contributed by atoms with Gasteiger partial charge in [-0.05, 0) is 54.1 Å². The summed E-state index contributed by atoms with van der Waals surface area (Å²) in [6.45, 7) is 0.255. The number of carbonyl (C=O) groups is 1. The standard InChI is InChI=1S/C22H15Cl2NO5/c1-27-15-5-7-19(29-12-13-4-6-16(23)17(24)9-13)14(10-15)11-18-22(26)30-21(25-18)20-3-2-8-28-20/h2-11H,12H2,1H3/b18-11+. The van der Waals surface area contributed by atoms with Gasteiger partial charge >= 0.3 is 5.97 Å². The molecule has 0 spiro atoms. The van der Waals surface area contributed by atoms with Crippen LogP contribution in [-0.4, -0.2) is 19.0 Å². The van der Waals surface area contributed by atoms with Crippen molar-refractivity contribution in [3.05, 3.63) is 87.4 Å². The lowest BCUT2D eigenvalue weighted by Crippen LogP contribution is -2.04. The molecule has 152 valence electrons. The Morgan fingerprint density at radius 3 is 2.70 bits per heavy atom. The van der Waals surface area contributed by atoms with Crippen LogP contribution in [0.4, 0.5) is 0 Å². The predicted molar refractivity (Wildman–Crippen MR) is 113 cm³/mol. The third kappa shape index (κ3) is 4.35. The molecule has 3 aromatic rings. The molecule has 0 amide bonds. The number of furan rings is 1. The van der Waals surface area contributed by atoms with Gasteiger partial charge in [0, 0.05) is 5.56 Å². The van der Waals surface area contributed by atoms with Crippen LogP contribution >= 0.6 is 23.2 Å². The largest absolute Gasteiger partial charge is 0.497 e. The van der Waals surface area contributed by atoms with Crippen molar-refractivity contribution in [2.75, 3.05) is 7.11 Å². The number of hydrogen-bond acceptors (Lipinski definition) is 6. The average Bonchev–Trinajstić information content (AvgIpc) is 3.40. The molecule has 0 aliphatic carbocycles. The van der Waals surface area contributed by atoms with Gasteiger partial charge in [0.2, 0.25) is 0 Å². The molecule has 0 saturated heterocycles. The van der Waals surface area contributed by atoms with Crippen LogP contribution in [0.25, 0.3) is 6.08 Å². The normalized spacial score (nSPS) is 14.6. The molecule has 0 bridgehead atoms. The lowest BCUT2D eigenvalue weighted by atomic mass is 10.1. The number of ether oxygens (including phenoxy) is 3. The zero-order chi connectivity index (χ0) is 21.1. The summed E-state index contributed by atoms with van der Waals surface area (Å²) in [6, 6.07) is 13.9. The van der Waals surface area contributed by atoms with Gasteiger partial charge in [-0.15, -0.1) is 0 Å². The third-order valence-electron chi connectivity index (χ3n) is 4.24. The zero-order valence-corrected chi connectivity index (χ0v) is 17.2. The van der Waals surface area contributed by atoms with E-state index in [4.69, 9.17) is 41.8 Å². The van der Waals surface area contributed by atoms with E-state index in [0.717, 1.165) is 5.56 Å². The van der Waals surface area contributed by atoms with Crippen molar-refractivity contribution in [3.63, 3.8) is 0 Å². The Balaban J connectivity index is 1.62. The number of methoxy groups -OCH3 is 1. The molecular weight excluding hydrogens is 429 g/mol. The van der Waals surface area contributed by atoms with E-state index >= 15 is 0 Å². The van der Waals surface area contributed by atoms with Gasteiger partial charge in [-0.25, -0.2) is 9.79 Å². The van der Waals surface area contributed by atoms with Crippen molar-refractivity contribution in [1.29, 1.82) is 0 Å². The van der Waals surface area contributed by atoms with Crippen molar-refractivity contribution in [3.8, 4) is 11.5 Å². The Bertz CT molecular complexity index is 1150. The van der Waals surface area contributed by atoms with Gasteiger partial charge in [-0.1, -0.05) is 29.3 Å². The highest BCUT2D eigenvalue weighted by molar-refractivity contribution is 6.42. The van der Waals surface area contributed by atoms with Crippen LogP contribution in [-0.2, 0) is 16.1 Å². The minimum absolute atomic E-state index is 0.109. The molecule has 0 unspecified atom stereocenters. The molecule has 0 radical (unpaired) electrons. The Morgan fingerprint density at radius 2 is 1.97 bits per heavy atom. The van der Waals surface area contributed by atoms with E-state index in [1.54, 1.807) is 55.7 Å². The number of esters is 1. The Labute approximate surface area is 182 Å². The minimum Gasteiger partial charge on any atom is -0.497 e. The highest BCUT2D eigenvalue weighted by atomic mass is 35.5. The molecule has 0 atom stereocenters. The molecule has 6 nitrogen and oxygen atoms in total. The summed E-state index contributed by atoms with van der Waals surface area (Å²) in [4.78, 5) is 16.5. The molecule has 30 heavy (non-hydrogen) atoms. The fraction of sp³-hybridized carbons (Fsp3) is 0.0909. The molecule has 2 heterocycles. The number of halogens is 2. The highest BCUT2D eigenvalue weighted by Gasteiger charge is 2.26. The quantitative estimate of drug-likeness (QED) is 0.370. The number of cyclic esters (lactones) is 1. The second kappa shape index (κ2) is 8.65. The monoisotopic (exact) mass is 443 g/mol. The summed E-state index contributed by atoms with van der Waals surface area (Å²) >= 11 is 12.0. The van der Waals surface area contributed by atoms with Crippen molar-refractivity contribution < 1.29 is 23.4 Å². The first-order chi connectivity index (χ1) is 14.5. The van der Waals surface area contributed by atoms with Gasteiger partial charge in [-0.3, -0.25) is 0 Å². The van der Waals surface area contributed by atoms with Crippen LogP contribution in [0.15, 0.2) is 69.9 Å². The zero-order valence-electron chi connectivity index (χ0n) is 15.7. The van der Waals surface area contributed by atoms with Crippen LogP contribution in [0.5, 0.6) is 11.5 Å². The predicted octanol–water partition coefficient (Wildman–Crippen LogP) is 5.52. The number of rotatable bonds is 6. The summed E-state index contributed by atoms with van der Waals surface area (Å²) < 4.78 is 21.7. The molecule has 0 saturated carbocycles. The molecule has 8 heteroatoms. The van der Waals surface area contributed by atoms with Crippen molar-refractivity contribution in [2.24, 2.45) is 4.99 Å². The Morgan fingerprint density at radius 1 is 1.10 bits per heavy atom. The van der Waals surface area contributed by atoms with Gasteiger partial charge < -0.3 is 18.6 Å². The van der Waals surface area contributed by atoms with Crippen LogP contribution in [0.2, 0.25) is 10.0 Å². The highest BCUT2D eigenvalue weighted by Crippen LogP contribution is 2.30. The summed E-state index contributed by atoms with van der Waals surface area (Å²) in [5.74, 6) is 1.03. The lowest BCUT2D eigenvalue weighted by molar-refractivity contribution is -0.130. The van der Waals surface area contributed by atoms with E-state index in [9.17, 15) is 4.79 Å². The van der Waals surface area contributed by atoms with Crippen molar-refractivity contribution in [2.45, 2.75) is 6.61 Å². The first-order valence-corrected chi connectivity index (χ1v) is 9.60. The van der Waals surface area contributed by atoms with Crippen LogP contribution in [0.1, 0.15) is 16.9 Å². The van der Waals surface area contributed by atoms with E-state index < -0.39 is 5.97 Å². The summed E-state index contributed by atoms with van der Waals surface area (Å²) in [5.41, 5.74) is 1.57. The van der Waals surface area contributed by atoms with E-state index in [0.29, 0.717) is 32.9 Å². The first kappa shape index (κ1) is 20.1.